The Kier molecular flexibility index (Phi) is 5.14. The number of aliphatic carboxylic acids is 1. The van der Waals surface area contributed by atoms with Crippen LogP contribution in [0.1, 0.15) is 46.0 Å². The van der Waals surface area contributed by atoms with E-state index in [1.54, 1.807) is 11.8 Å². The summed E-state index contributed by atoms with van der Waals surface area (Å²) in [5.41, 5.74) is 5.82. The lowest BCUT2D eigenvalue weighted by Crippen LogP contribution is -2.45. The number of carboxylic acids is 1. The van der Waals surface area contributed by atoms with E-state index >= 15 is 0 Å². The number of carbonyl (C=O) groups excluding carboxylic acids is 1. The monoisotopic (exact) mass is 256 g/mol. The molecule has 1 atom stereocenters. The average molecular weight is 256 g/mol. The van der Waals surface area contributed by atoms with Gasteiger partial charge in [-0.1, -0.05) is 19.8 Å². The van der Waals surface area contributed by atoms with Gasteiger partial charge in [-0.15, -0.1) is 0 Å². The van der Waals surface area contributed by atoms with Crippen molar-refractivity contribution >= 4 is 11.9 Å². The van der Waals surface area contributed by atoms with Gasteiger partial charge in [0.05, 0.1) is 5.92 Å². The number of nitrogens with zero attached hydrogens (tertiary/aromatic N) is 1. The van der Waals surface area contributed by atoms with E-state index in [0.717, 1.165) is 25.7 Å². The van der Waals surface area contributed by atoms with E-state index in [0.29, 0.717) is 13.0 Å². The highest BCUT2D eigenvalue weighted by atomic mass is 16.4. The molecule has 0 aromatic heterocycles. The fourth-order valence-electron chi connectivity index (χ4n) is 2.48. The molecule has 1 rings (SSSR count). The molecule has 104 valence electrons. The lowest BCUT2D eigenvalue weighted by atomic mass is 9.94. The van der Waals surface area contributed by atoms with Gasteiger partial charge in [-0.3, -0.25) is 9.59 Å². The molecule has 5 heteroatoms. The van der Waals surface area contributed by atoms with Crippen LogP contribution in [0, 0.1) is 5.92 Å². The predicted octanol–water partition coefficient (Wildman–Crippen LogP) is 1.22. The summed E-state index contributed by atoms with van der Waals surface area (Å²) < 4.78 is 0. The van der Waals surface area contributed by atoms with E-state index in [1.165, 1.54) is 0 Å². The number of amides is 1. The highest BCUT2D eigenvalue weighted by Crippen LogP contribution is 2.30. The van der Waals surface area contributed by atoms with Crippen LogP contribution >= 0.6 is 0 Å². The SMILES string of the molecule is CCN(CC(C)C(=O)O)C(=O)CC1(N)CCCC1. The molecule has 0 bridgehead atoms. The lowest BCUT2D eigenvalue weighted by molar-refractivity contribution is -0.143. The van der Waals surface area contributed by atoms with E-state index in [-0.39, 0.29) is 18.0 Å². The number of hydrogen-bond donors (Lipinski definition) is 2. The first-order chi connectivity index (χ1) is 8.38. The predicted molar refractivity (Wildman–Crippen MR) is 69.1 cm³/mol. The van der Waals surface area contributed by atoms with E-state index in [4.69, 9.17) is 10.8 Å². The van der Waals surface area contributed by atoms with Crippen LogP contribution in [-0.4, -0.2) is 40.5 Å². The lowest BCUT2D eigenvalue weighted by Gasteiger charge is -2.28. The van der Waals surface area contributed by atoms with Crippen LogP contribution in [0.25, 0.3) is 0 Å². The maximum absolute atomic E-state index is 12.1. The third kappa shape index (κ3) is 3.98. The normalized spacial score (nSPS) is 19.5. The summed E-state index contributed by atoms with van der Waals surface area (Å²) in [6, 6.07) is 0. The van der Waals surface area contributed by atoms with Crippen LogP contribution < -0.4 is 5.73 Å². The summed E-state index contributed by atoms with van der Waals surface area (Å²) >= 11 is 0. The van der Waals surface area contributed by atoms with Gasteiger partial charge in [-0.25, -0.2) is 0 Å². The van der Waals surface area contributed by atoms with Crippen LogP contribution in [-0.2, 0) is 9.59 Å². The fraction of sp³-hybridized carbons (Fsp3) is 0.846. The first-order valence-corrected chi connectivity index (χ1v) is 6.67. The average Bonchev–Trinajstić information content (AvgIpc) is 2.71. The Morgan fingerprint density at radius 1 is 1.39 bits per heavy atom. The Morgan fingerprint density at radius 2 is 1.94 bits per heavy atom. The Morgan fingerprint density at radius 3 is 2.39 bits per heavy atom. The van der Waals surface area contributed by atoms with Gasteiger partial charge in [0.15, 0.2) is 0 Å². The zero-order valence-electron chi connectivity index (χ0n) is 11.3. The molecule has 1 fully saturated rings. The molecule has 1 amide bonds. The Labute approximate surface area is 108 Å². The van der Waals surface area contributed by atoms with Crippen molar-refractivity contribution in [3.63, 3.8) is 0 Å². The topological polar surface area (TPSA) is 83.6 Å². The van der Waals surface area contributed by atoms with Crippen molar-refractivity contribution in [1.82, 2.24) is 4.90 Å². The number of rotatable bonds is 6. The Hall–Kier alpha value is -1.10. The largest absolute Gasteiger partial charge is 0.481 e. The summed E-state index contributed by atoms with van der Waals surface area (Å²) in [7, 11) is 0. The second-order valence-corrected chi connectivity index (χ2v) is 5.42. The van der Waals surface area contributed by atoms with Crippen molar-refractivity contribution in [2.45, 2.75) is 51.5 Å². The van der Waals surface area contributed by atoms with Crippen LogP contribution in [0.5, 0.6) is 0 Å². The molecule has 0 saturated heterocycles. The van der Waals surface area contributed by atoms with Crippen molar-refractivity contribution in [2.75, 3.05) is 13.1 Å². The quantitative estimate of drug-likeness (QED) is 0.748. The zero-order valence-corrected chi connectivity index (χ0v) is 11.3. The maximum atomic E-state index is 12.1. The van der Waals surface area contributed by atoms with E-state index in [1.807, 2.05) is 6.92 Å². The molecule has 0 heterocycles. The first-order valence-electron chi connectivity index (χ1n) is 6.67. The van der Waals surface area contributed by atoms with Crippen LogP contribution in [0.2, 0.25) is 0 Å². The molecule has 0 radical (unpaired) electrons. The van der Waals surface area contributed by atoms with Gasteiger partial charge in [0.1, 0.15) is 0 Å². The second-order valence-electron chi connectivity index (χ2n) is 5.42. The summed E-state index contributed by atoms with van der Waals surface area (Å²) in [5.74, 6) is -1.43. The van der Waals surface area contributed by atoms with Crippen molar-refractivity contribution in [1.29, 1.82) is 0 Å². The van der Waals surface area contributed by atoms with E-state index in [9.17, 15) is 9.59 Å². The second kappa shape index (κ2) is 6.18. The van der Waals surface area contributed by atoms with Crippen molar-refractivity contribution in [3.05, 3.63) is 0 Å². The van der Waals surface area contributed by atoms with Gasteiger partial charge in [0.2, 0.25) is 5.91 Å². The molecular weight excluding hydrogens is 232 g/mol. The third-order valence-electron chi connectivity index (χ3n) is 3.75. The first kappa shape index (κ1) is 15.0. The highest BCUT2D eigenvalue weighted by Gasteiger charge is 2.33. The van der Waals surface area contributed by atoms with Crippen LogP contribution in [0.15, 0.2) is 0 Å². The summed E-state index contributed by atoms with van der Waals surface area (Å²) in [5, 5.41) is 8.88. The molecule has 1 aliphatic carbocycles. The zero-order chi connectivity index (χ0) is 13.8. The molecule has 0 aromatic rings. The van der Waals surface area contributed by atoms with E-state index < -0.39 is 11.9 Å². The minimum atomic E-state index is -0.871. The van der Waals surface area contributed by atoms with Gasteiger partial charge in [-0.2, -0.15) is 0 Å². The van der Waals surface area contributed by atoms with Crippen molar-refractivity contribution in [3.8, 4) is 0 Å². The molecule has 0 aliphatic heterocycles. The standard InChI is InChI=1S/C13H24N2O3/c1-3-15(9-10(2)12(17)18)11(16)8-13(14)6-4-5-7-13/h10H,3-9,14H2,1-2H3,(H,17,18). The third-order valence-corrected chi connectivity index (χ3v) is 3.75. The van der Waals surface area contributed by atoms with Crippen molar-refractivity contribution in [2.24, 2.45) is 11.7 Å². The van der Waals surface area contributed by atoms with Gasteiger partial charge >= 0.3 is 5.97 Å². The van der Waals surface area contributed by atoms with Gasteiger partial charge in [-0.05, 0) is 19.8 Å². The van der Waals surface area contributed by atoms with Crippen LogP contribution in [0.4, 0.5) is 0 Å². The van der Waals surface area contributed by atoms with Crippen molar-refractivity contribution < 1.29 is 14.7 Å². The Balaban J connectivity index is 2.54. The van der Waals surface area contributed by atoms with Gasteiger partial charge in [0.25, 0.3) is 0 Å². The molecule has 1 saturated carbocycles. The summed E-state index contributed by atoms with van der Waals surface area (Å²) in [6.45, 7) is 4.28. The molecular formula is C13H24N2O3. The molecule has 0 aromatic carbocycles. The summed E-state index contributed by atoms with van der Waals surface area (Å²) in [6.07, 6.45) is 4.30. The minimum Gasteiger partial charge on any atom is -0.481 e. The van der Waals surface area contributed by atoms with Crippen LogP contribution in [0.3, 0.4) is 0 Å². The van der Waals surface area contributed by atoms with Gasteiger partial charge < -0.3 is 15.7 Å². The molecule has 5 nitrogen and oxygen atoms in total. The number of carboxylic acid groups (broad SMARTS) is 1. The Bertz CT molecular complexity index is 311. The number of hydrogen-bond acceptors (Lipinski definition) is 3. The molecule has 1 aliphatic rings. The highest BCUT2D eigenvalue weighted by molar-refractivity contribution is 5.78. The molecule has 3 N–H and O–H groups in total. The maximum Gasteiger partial charge on any atom is 0.308 e. The number of nitrogens with two attached hydrogens (primary N) is 1. The fourth-order valence-corrected chi connectivity index (χ4v) is 2.48. The molecule has 0 spiro atoms. The molecule has 1 unspecified atom stereocenters. The van der Waals surface area contributed by atoms with Gasteiger partial charge in [0, 0.05) is 25.0 Å². The summed E-state index contributed by atoms with van der Waals surface area (Å²) in [4.78, 5) is 24.6. The molecule has 18 heavy (non-hydrogen) atoms. The van der Waals surface area contributed by atoms with E-state index in [2.05, 4.69) is 0 Å². The minimum absolute atomic E-state index is 0.0185. The smallest absolute Gasteiger partial charge is 0.308 e. The number of carbonyl (C=O) groups is 2.